The summed E-state index contributed by atoms with van der Waals surface area (Å²) in [7, 11) is 0. The van der Waals surface area contributed by atoms with Gasteiger partial charge in [0.1, 0.15) is 17.3 Å². The first-order chi connectivity index (χ1) is 8.02. The number of halogens is 1. The Balaban J connectivity index is 2.26. The molecule has 0 bridgehead atoms. The van der Waals surface area contributed by atoms with Crippen molar-refractivity contribution >= 4 is 23.2 Å². The van der Waals surface area contributed by atoms with Crippen LogP contribution < -0.4 is 5.32 Å². The summed E-state index contributed by atoms with van der Waals surface area (Å²) in [6.07, 6.45) is 2.06. The summed E-state index contributed by atoms with van der Waals surface area (Å²) in [6.45, 7) is 4.09. The van der Waals surface area contributed by atoms with Crippen LogP contribution in [0.25, 0.3) is 5.78 Å². The molecule has 17 heavy (non-hydrogen) atoms. The van der Waals surface area contributed by atoms with Crippen LogP contribution in [0.3, 0.4) is 0 Å². The van der Waals surface area contributed by atoms with Gasteiger partial charge in [0.25, 0.3) is 5.78 Å². The zero-order valence-corrected chi connectivity index (χ0v) is 10.4. The van der Waals surface area contributed by atoms with Gasteiger partial charge in [-0.3, -0.25) is 0 Å². The molecule has 0 aliphatic carbocycles. The fraction of sp³-hybridized carbons (Fsp3) is 0.500. The summed E-state index contributed by atoms with van der Waals surface area (Å²) in [5.74, 6) is 1.09. The van der Waals surface area contributed by atoms with Crippen LogP contribution in [-0.4, -0.2) is 36.8 Å². The van der Waals surface area contributed by atoms with E-state index in [0.717, 1.165) is 0 Å². The van der Waals surface area contributed by atoms with Crippen molar-refractivity contribution in [3.05, 3.63) is 17.5 Å². The Hall–Kier alpha value is -1.40. The zero-order valence-electron chi connectivity index (χ0n) is 9.68. The van der Waals surface area contributed by atoms with Crippen molar-refractivity contribution in [2.75, 3.05) is 11.9 Å². The second kappa shape index (κ2) is 4.46. The van der Waals surface area contributed by atoms with Gasteiger partial charge in [0.05, 0.1) is 5.60 Å². The largest absolute Gasteiger partial charge is 0.388 e. The Morgan fingerprint density at radius 1 is 1.59 bits per heavy atom. The Bertz CT molecular complexity index is 524. The Kier molecular flexibility index (Phi) is 3.17. The normalized spacial score (nSPS) is 14.8. The molecule has 2 heterocycles. The molecule has 0 amide bonds. The van der Waals surface area contributed by atoms with Gasteiger partial charge in [0.2, 0.25) is 0 Å². The molecule has 1 unspecified atom stereocenters. The van der Waals surface area contributed by atoms with Crippen molar-refractivity contribution in [3.8, 4) is 0 Å². The number of nitrogens with zero attached hydrogens (tertiary/aromatic N) is 4. The molecule has 2 aromatic rings. The summed E-state index contributed by atoms with van der Waals surface area (Å²) in [5, 5.41) is 17.4. The number of aliphatic hydroxyl groups is 1. The van der Waals surface area contributed by atoms with E-state index in [-0.39, 0.29) is 0 Å². The van der Waals surface area contributed by atoms with Crippen molar-refractivity contribution in [3.63, 3.8) is 0 Å². The molecule has 0 saturated heterocycles. The highest BCUT2D eigenvalue weighted by atomic mass is 35.5. The lowest BCUT2D eigenvalue weighted by molar-refractivity contribution is 0.0696. The van der Waals surface area contributed by atoms with Crippen LogP contribution in [0, 0.1) is 0 Å². The molecule has 7 heteroatoms. The van der Waals surface area contributed by atoms with Gasteiger partial charge in [0.15, 0.2) is 0 Å². The lowest BCUT2D eigenvalue weighted by atomic mass is 10.0. The van der Waals surface area contributed by atoms with E-state index in [4.69, 9.17) is 11.6 Å². The minimum absolute atomic E-state index is 0.337. The molecule has 0 aromatic carbocycles. The van der Waals surface area contributed by atoms with Crippen LogP contribution in [0.15, 0.2) is 12.4 Å². The quantitative estimate of drug-likeness (QED) is 0.807. The van der Waals surface area contributed by atoms with E-state index in [0.29, 0.717) is 29.7 Å². The van der Waals surface area contributed by atoms with Crippen LogP contribution in [0.2, 0.25) is 5.15 Å². The van der Waals surface area contributed by atoms with E-state index in [1.807, 2.05) is 6.92 Å². The number of nitrogens with one attached hydrogen (secondary N) is 1. The summed E-state index contributed by atoms with van der Waals surface area (Å²) < 4.78 is 1.54. The van der Waals surface area contributed by atoms with E-state index >= 15 is 0 Å². The Morgan fingerprint density at radius 3 is 3.06 bits per heavy atom. The monoisotopic (exact) mass is 255 g/mol. The molecule has 6 nitrogen and oxygen atoms in total. The van der Waals surface area contributed by atoms with E-state index in [2.05, 4.69) is 20.4 Å². The van der Waals surface area contributed by atoms with Crippen molar-refractivity contribution in [2.45, 2.75) is 25.9 Å². The SMILES string of the molecule is CCC(C)(O)CNc1cc(Cl)nc2ncnn12. The van der Waals surface area contributed by atoms with Crippen LogP contribution in [0.5, 0.6) is 0 Å². The second-order valence-corrected chi connectivity index (χ2v) is 4.53. The number of hydrogen-bond donors (Lipinski definition) is 2. The van der Waals surface area contributed by atoms with E-state index in [1.165, 1.54) is 10.8 Å². The van der Waals surface area contributed by atoms with Crippen molar-refractivity contribution < 1.29 is 5.11 Å². The third-order valence-corrected chi connectivity index (χ3v) is 2.83. The molecular weight excluding hydrogens is 242 g/mol. The van der Waals surface area contributed by atoms with Gasteiger partial charge in [-0.15, -0.1) is 0 Å². The molecule has 0 spiro atoms. The third-order valence-electron chi connectivity index (χ3n) is 2.63. The van der Waals surface area contributed by atoms with Crippen LogP contribution in [-0.2, 0) is 0 Å². The van der Waals surface area contributed by atoms with Crippen molar-refractivity contribution in [2.24, 2.45) is 0 Å². The lowest BCUT2D eigenvalue weighted by Crippen LogP contribution is -2.33. The average molecular weight is 256 g/mol. The summed E-state index contributed by atoms with van der Waals surface area (Å²) in [6, 6.07) is 1.65. The minimum Gasteiger partial charge on any atom is -0.388 e. The summed E-state index contributed by atoms with van der Waals surface area (Å²) in [5.41, 5.74) is -0.775. The van der Waals surface area contributed by atoms with Crippen LogP contribution >= 0.6 is 11.6 Å². The van der Waals surface area contributed by atoms with E-state index in [1.54, 1.807) is 13.0 Å². The maximum atomic E-state index is 9.92. The number of rotatable bonds is 4. The number of aromatic nitrogens is 4. The molecule has 92 valence electrons. The number of hydrogen-bond acceptors (Lipinski definition) is 5. The van der Waals surface area contributed by atoms with Gasteiger partial charge in [-0.25, -0.2) is 0 Å². The van der Waals surface area contributed by atoms with Gasteiger partial charge < -0.3 is 10.4 Å². The highest BCUT2D eigenvalue weighted by Gasteiger charge is 2.18. The maximum absolute atomic E-state index is 9.92. The third kappa shape index (κ3) is 2.65. The fourth-order valence-corrected chi connectivity index (χ4v) is 1.49. The topological polar surface area (TPSA) is 75.3 Å². The number of fused-ring (bicyclic) bond motifs is 1. The summed E-state index contributed by atoms with van der Waals surface area (Å²) in [4.78, 5) is 7.97. The van der Waals surface area contributed by atoms with Crippen molar-refractivity contribution in [1.29, 1.82) is 0 Å². The molecule has 0 fully saturated rings. The van der Waals surface area contributed by atoms with Gasteiger partial charge >= 0.3 is 0 Å². The molecule has 0 saturated carbocycles. The summed E-state index contributed by atoms with van der Waals surface area (Å²) >= 11 is 5.87. The van der Waals surface area contributed by atoms with Crippen LogP contribution in [0.1, 0.15) is 20.3 Å². The van der Waals surface area contributed by atoms with E-state index in [9.17, 15) is 5.11 Å². The molecule has 2 aromatic heterocycles. The first-order valence-corrected chi connectivity index (χ1v) is 5.72. The minimum atomic E-state index is -0.775. The van der Waals surface area contributed by atoms with E-state index < -0.39 is 5.60 Å². The van der Waals surface area contributed by atoms with Gasteiger partial charge in [-0.1, -0.05) is 18.5 Å². The molecule has 2 N–H and O–H groups in total. The van der Waals surface area contributed by atoms with Gasteiger partial charge in [-0.05, 0) is 13.3 Å². The molecule has 1 atom stereocenters. The molecule has 0 aliphatic heterocycles. The van der Waals surface area contributed by atoms with Crippen LogP contribution in [0.4, 0.5) is 5.82 Å². The van der Waals surface area contributed by atoms with Gasteiger partial charge in [-0.2, -0.15) is 19.6 Å². The standard InChI is InChI=1S/C10H14ClN5O/c1-3-10(2,17)5-12-8-4-7(11)15-9-13-6-14-16(8)9/h4,6,12,17H,3,5H2,1-2H3. The first-order valence-electron chi connectivity index (χ1n) is 5.34. The highest BCUT2D eigenvalue weighted by Crippen LogP contribution is 2.16. The zero-order chi connectivity index (χ0) is 12.5. The molecule has 2 rings (SSSR count). The first kappa shape index (κ1) is 12.1. The molecule has 0 aliphatic rings. The second-order valence-electron chi connectivity index (χ2n) is 4.14. The lowest BCUT2D eigenvalue weighted by Gasteiger charge is -2.22. The fourth-order valence-electron chi connectivity index (χ4n) is 1.32. The smallest absolute Gasteiger partial charge is 0.255 e. The molecule has 0 radical (unpaired) electrons. The number of anilines is 1. The average Bonchev–Trinajstić information content (AvgIpc) is 2.73. The Morgan fingerprint density at radius 2 is 2.35 bits per heavy atom. The van der Waals surface area contributed by atoms with Gasteiger partial charge in [0, 0.05) is 12.6 Å². The van der Waals surface area contributed by atoms with Crippen molar-refractivity contribution in [1.82, 2.24) is 19.6 Å². The maximum Gasteiger partial charge on any atom is 0.255 e. The predicted molar refractivity (Wildman–Crippen MR) is 65.2 cm³/mol. The highest BCUT2D eigenvalue weighted by molar-refractivity contribution is 6.29. The Labute approximate surface area is 104 Å². The molecular formula is C10H14ClN5O. The predicted octanol–water partition coefficient (Wildman–Crippen LogP) is 1.35.